The summed E-state index contributed by atoms with van der Waals surface area (Å²) in [5, 5.41) is 11.9. The molecule has 0 unspecified atom stereocenters. The number of thioether (sulfide) groups is 1. The van der Waals surface area contributed by atoms with Gasteiger partial charge >= 0.3 is 0 Å². The third-order valence-corrected chi connectivity index (χ3v) is 5.55. The molecular weight excluding hydrogens is 386 g/mol. The van der Waals surface area contributed by atoms with Crippen molar-refractivity contribution in [2.75, 3.05) is 25.9 Å². The van der Waals surface area contributed by atoms with Crippen LogP contribution in [0, 0.1) is 0 Å². The van der Waals surface area contributed by atoms with Gasteiger partial charge in [-0.2, -0.15) is 0 Å². The Hall–Kier alpha value is -2.35. The standard InChI is InChI=1S/C21H31N5O2S/c1-7-12-22-17(27)13-25(5)18(28)14-29-20-24-23-19(26(20)6)15-8-10-16(11-9-15)21(2,3)4/h8-11H,7,12-14H2,1-6H3,(H,22,27). The van der Waals surface area contributed by atoms with E-state index < -0.39 is 0 Å². The maximum Gasteiger partial charge on any atom is 0.239 e. The van der Waals surface area contributed by atoms with Crippen LogP contribution in [0.3, 0.4) is 0 Å². The topological polar surface area (TPSA) is 80.1 Å². The second-order valence-electron chi connectivity index (χ2n) is 8.08. The Morgan fingerprint density at radius 2 is 1.83 bits per heavy atom. The zero-order valence-electron chi connectivity index (χ0n) is 18.2. The molecule has 7 nitrogen and oxygen atoms in total. The highest BCUT2D eigenvalue weighted by Gasteiger charge is 2.18. The fourth-order valence-electron chi connectivity index (χ4n) is 2.67. The smallest absolute Gasteiger partial charge is 0.239 e. The van der Waals surface area contributed by atoms with Crippen molar-refractivity contribution in [3.63, 3.8) is 0 Å². The number of carbonyl (C=O) groups excluding carboxylic acids is 2. The van der Waals surface area contributed by atoms with Gasteiger partial charge in [0.05, 0.1) is 12.3 Å². The number of nitrogens with one attached hydrogen (secondary N) is 1. The highest BCUT2D eigenvalue weighted by Crippen LogP contribution is 2.27. The molecule has 0 bridgehead atoms. The lowest BCUT2D eigenvalue weighted by atomic mass is 9.87. The minimum atomic E-state index is -0.146. The average molecular weight is 418 g/mol. The Balaban J connectivity index is 1.97. The van der Waals surface area contributed by atoms with Gasteiger partial charge in [-0.15, -0.1) is 10.2 Å². The van der Waals surface area contributed by atoms with Crippen molar-refractivity contribution in [2.45, 2.75) is 44.7 Å². The van der Waals surface area contributed by atoms with Crippen molar-refractivity contribution in [1.82, 2.24) is 25.0 Å². The fourth-order valence-corrected chi connectivity index (χ4v) is 3.52. The average Bonchev–Trinajstić information content (AvgIpc) is 3.04. The lowest BCUT2D eigenvalue weighted by molar-refractivity contribution is -0.132. The fraction of sp³-hybridized carbons (Fsp3) is 0.524. The molecule has 0 aliphatic rings. The van der Waals surface area contributed by atoms with Crippen LogP contribution in [0.5, 0.6) is 0 Å². The van der Waals surface area contributed by atoms with Crippen LogP contribution in [-0.4, -0.2) is 57.4 Å². The molecular formula is C21H31N5O2S. The first-order valence-electron chi connectivity index (χ1n) is 9.77. The van der Waals surface area contributed by atoms with Gasteiger partial charge in [0.2, 0.25) is 11.8 Å². The van der Waals surface area contributed by atoms with E-state index in [0.29, 0.717) is 11.7 Å². The van der Waals surface area contributed by atoms with Crippen LogP contribution in [0.2, 0.25) is 0 Å². The van der Waals surface area contributed by atoms with Crippen LogP contribution in [-0.2, 0) is 22.1 Å². The number of likely N-dealkylation sites (N-methyl/N-ethyl adjacent to an activating group) is 1. The van der Waals surface area contributed by atoms with E-state index in [1.165, 1.54) is 22.2 Å². The van der Waals surface area contributed by atoms with Gasteiger partial charge in [0.25, 0.3) is 0 Å². The Kier molecular flexibility index (Phi) is 7.84. The third-order valence-electron chi connectivity index (χ3n) is 4.55. The summed E-state index contributed by atoms with van der Waals surface area (Å²) in [4.78, 5) is 25.5. The zero-order chi connectivity index (χ0) is 21.6. The van der Waals surface area contributed by atoms with Gasteiger partial charge in [-0.3, -0.25) is 9.59 Å². The molecule has 29 heavy (non-hydrogen) atoms. The van der Waals surface area contributed by atoms with Gasteiger partial charge in [-0.05, 0) is 17.4 Å². The number of aromatic nitrogens is 3. The third kappa shape index (κ3) is 6.32. The molecule has 8 heteroatoms. The van der Waals surface area contributed by atoms with Crippen molar-refractivity contribution in [3.05, 3.63) is 29.8 Å². The quantitative estimate of drug-likeness (QED) is 0.668. The monoisotopic (exact) mass is 417 g/mol. The molecule has 2 aromatic rings. The Labute approximate surface area is 177 Å². The van der Waals surface area contributed by atoms with Crippen molar-refractivity contribution >= 4 is 23.6 Å². The van der Waals surface area contributed by atoms with Crippen LogP contribution < -0.4 is 5.32 Å². The molecule has 0 fully saturated rings. The van der Waals surface area contributed by atoms with Gasteiger partial charge in [-0.1, -0.05) is 63.7 Å². The normalized spacial score (nSPS) is 11.4. The van der Waals surface area contributed by atoms with Crippen LogP contribution in [0.15, 0.2) is 29.4 Å². The summed E-state index contributed by atoms with van der Waals surface area (Å²) in [5.41, 5.74) is 2.34. The molecule has 1 aromatic heterocycles. The largest absolute Gasteiger partial charge is 0.355 e. The first kappa shape index (κ1) is 22.9. The predicted molar refractivity (Wildman–Crippen MR) is 117 cm³/mol. The molecule has 0 saturated carbocycles. The van der Waals surface area contributed by atoms with Crippen LogP contribution in [0.1, 0.15) is 39.7 Å². The summed E-state index contributed by atoms with van der Waals surface area (Å²) in [6.07, 6.45) is 0.868. The highest BCUT2D eigenvalue weighted by molar-refractivity contribution is 7.99. The van der Waals surface area contributed by atoms with E-state index in [0.717, 1.165) is 17.8 Å². The van der Waals surface area contributed by atoms with E-state index >= 15 is 0 Å². The molecule has 1 heterocycles. The van der Waals surface area contributed by atoms with E-state index in [4.69, 9.17) is 0 Å². The highest BCUT2D eigenvalue weighted by atomic mass is 32.2. The van der Waals surface area contributed by atoms with Gasteiger partial charge in [-0.25, -0.2) is 0 Å². The number of carbonyl (C=O) groups is 2. The number of benzene rings is 1. The molecule has 1 N–H and O–H groups in total. The van der Waals surface area contributed by atoms with Gasteiger partial charge in [0, 0.05) is 26.2 Å². The summed E-state index contributed by atoms with van der Waals surface area (Å²) in [6, 6.07) is 8.32. The van der Waals surface area contributed by atoms with Crippen molar-refractivity contribution < 1.29 is 9.59 Å². The molecule has 0 aliphatic heterocycles. The van der Waals surface area contributed by atoms with Crippen molar-refractivity contribution in [3.8, 4) is 11.4 Å². The first-order valence-corrected chi connectivity index (χ1v) is 10.8. The Bertz CT molecular complexity index is 840. The summed E-state index contributed by atoms with van der Waals surface area (Å²) in [5.74, 6) is 0.688. The predicted octanol–water partition coefficient (Wildman–Crippen LogP) is 2.86. The lowest BCUT2D eigenvalue weighted by Gasteiger charge is -2.19. The molecule has 0 radical (unpaired) electrons. The maximum absolute atomic E-state index is 12.3. The number of amides is 2. The number of nitrogens with zero attached hydrogens (tertiary/aromatic N) is 4. The SMILES string of the molecule is CCCNC(=O)CN(C)C(=O)CSc1nnc(-c2ccc(C(C)(C)C)cc2)n1C. The number of hydrogen-bond acceptors (Lipinski definition) is 5. The molecule has 0 aliphatic carbocycles. The zero-order valence-corrected chi connectivity index (χ0v) is 19.0. The summed E-state index contributed by atoms with van der Waals surface area (Å²) < 4.78 is 1.89. The molecule has 2 rings (SSSR count). The Morgan fingerprint density at radius 3 is 2.41 bits per heavy atom. The second kappa shape index (κ2) is 9.91. The van der Waals surface area contributed by atoms with Crippen molar-refractivity contribution in [2.24, 2.45) is 7.05 Å². The van der Waals surface area contributed by atoms with E-state index in [1.807, 2.05) is 30.7 Å². The Morgan fingerprint density at radius 1 is 1.17 bits per heavy atom. The molecule has 1 aromatic carbocycles. The van der Waals surface area contributed by atoms with Crippen LogP contribution >= 0.6 is 11.8 Å². The summed E-state index contributed by atoms with van der Waals surface area (Å²) in [7, 11) is 3.52. The minimum Gasteiger partial charge on any atom is -0.355 e. The van der Waals surface area contributed by atoms with E-state index in [1.54, 1.807) is 7.05 Å². The van der Waals surface area contributed by atoms with E-state index in [9.17, 15) is 9.59 Å². The lowest BCUT2D eigenvalue weighted by Crippen LogP contribution is -2.39. The van der Waals surface area contributed by atoms with Crippen LogP contribution in [0.25, 0.3) is 11.4 Å². The molecule has 0 spiro atoms. The van der Waals surface area contributed by atoms with Crippen molar-refractivity contribution in [1.29, 1.82) is 0 Å². The minimum absolute atomic E-state index is 0.0591. The number of rotatable bonds is 8. The molecule has 0 saturated heterocycles. The molecule has 0 atom stereocenters. The summed E-state index contributed by atoms with van der Waals surface area (Å²) >= 11 is 1.32. The second-order valence-corrected chi connectivity index (χ2v) is 9.02. The van der Waals surface area contributed by atoms with Gasteiger partial charge < -0.3 is 14.8 Å². The number of hydrogen-bond donors (Lipinski definition) is 1. The first-order chi connectivity index (χ1) is 13.6. The van der Waals surface area contributed by atoms with E-state index in [2.05, 4.69) is 48.4 Å². The summed E-state index contributed by atoms with van der Waals surface area (Å²) in [6.45, 7) is 9.21. The van der Waals surface area contributed by atoms with E-state index in [-0.39, 0.29) is 29.5 Å². The molecule has 158 valence electrons. The van der Waals surface area contributed by atoms with Gasteiger partial charge in [0.1, 0.15) is 0 Å². The molecule has 2 amide bonds. The maximum atomic E-state index is 12.3. The van der Waals surface area contributed by atoms with Crippen LogP contribution in [0.4, 0.5) is 0 Å². The van der Waals surface area contributed by atoms with Gasteiger partial charge in [0.15, 0.2) is 11.0 Å².